The van der Waals surface area contributed by atoms with Crippen LogP contribution in [0.4, 0.5) is 20.1 Å². The second kappa shape index (κ2) is 10.1. The first-order valence-corrected chi connectivity index (χ1v) is 12.0. The molecule has 1 atom stereocenters. The molecule has 2 heterocycles. The van der Waals surface area contributed by atoms with Gasteiger partial charge in [0.05, 0.1) is 13.1 Å². The van der Waals surface area contributed by atoms with Crippen LogP contribution in [0.2, 0.25) is 0 Å². The molecule has 2 aliphatic heterocycles. The molecule has 2 aromatic rings. The molecule has 2 aliphatic rings. The number of anilines is 1. The summed E-state index contributed by atoms with van der Waals surface area (Å²) in [5.74, 6) is 0. The molecule has 36 heavy (non-hydrogen) atoms. The molecule has 0 unspecified atom stereocenters. The van der Waals surface area contributed by atoms with Gasteiger partial charge in [-0.3, -0.25) is 4.90 Å². The summed E-state index contributed by atoms with van der Waals surface area (Å²) in [4.78, 5) is 39.9. The van der Waals surface area contributed by atoms with E-state index in [1.165, 1.54) is 0 Å². The molecule has 0 bridgehead atoms. The normalized spacial score (nSPS) is 18.8. The molecule has 2 fully saturated rings. The van der Waals surface area contributed by atoms with Crippen molar-refractivity contribution in [3.8, 4) is 0 Å². The Kier molecular flexibility index (Phi) is 7.10. The molecule has 0 spiro atoms. The highest BCUT2D eigenvalue weighted by molar-refractivity contribution is 5.89. The average molecular weight is 496 g/mol. The number of ether oxygens (including phenoxy) is 3. The number of amides is 3. The van der Waals surface area contributed by atoms with Crippen LogP contribution in [0.15, 0.2) is 54.6 Å². The van der Waals surface area contributed by atoms with Crippen LogP contribution in [0.1, 0.15) is 38.8 Å². The molecule has 4 rings (SSSR count). The molecular formula is C27H33N3O6. The van der Waals surface area contributed by atoms with Gasteiger partial charge in [0.25, 0.3) is 0 Å². The van der Waals surface area contributed by atoms with E-state index in [2.05, 4.69) is 12.2 Å². The van der Waals surface area contributed by atoms with Gasteiger partial charge >= 0.3 is 18.3 Å². The van der Waals surface area contributed by atoms with Crippen molar-refractivity contribution < 1.29 is 28.6 Å². The van der Waals surface area contributed by atoms with E-state index in [1.807, 2.05) is 54.6 Å². The Morgan fingerprint density at radius 1 is 1.08 bits per heavy atom. The van der Waals surface area contributed by atoms with E-state index in [1.54, 1.807) is 30.6 Å². The van der Waals surface area contributed by atoms with Crippen molar-refractivity contribution in [3.05, 3.63) is 65.7 Å². The maximum Gasteiger partial charge on any atom is 0.414 e. The number of carbonyl (C=O) groups is 3. The van der Waals surface area contributed by atoms with Crippen molar-refractivity contribution in [2.45, 2.75) is 51.4 Å². The first kappa shape index (κ1) is 25.3. The summed E-state index contributed by atoms with van der Waals surface area (Å²) in [6.45, 7) is 9.32. The summed E-state index contributed by atoms with van der Waals surface area (Å²) >= 11 is 0. The zero-order valence-corrected chi connectivity index (χ0v) is 21.2. The number of rotatable bonds is 6. The lowest BCUT2D eigenvalue weighted by atomic mass is 9.76. The van der Waals surface area contributed by atoms with Crippen LogP contribution in [-0.2, 0) is 26.2 Å². The van der Waals surface area contributed by atoms with Gasteiger partial charge in [0.15, 0.2) is 0 Å². The number of carbonyl (C=O) groups excluding carboxylic acids is 3. The van der Waals surface area contributed by atoms with Gasteiger partial charge in [-0.2, -0.15) is 0 Å². The average Bonchev–Trinajstić information content (AvgIpc) is 3.19. The van der Waals surface area contributed by atoms with Crippen molar-refractivity contribution >= 4 is 24.0 Å². The smallest absolute Gasteiger partial charge is 0.414 e. The lowest BCUT2D eigenvalue weighted by Crippen LogP contribution is -2.59. The number of benzene rings is 2. The lowest BCUT2D eigenvalue weighted by Gasteiger charge is -2.47. The number of likely N-dealkylation sites (tertiary alicyclic amines) is 1. The summed E-state index contributed by atoms with van der Waals surface area (Å²) < 4.78 is 16.0. The van der Waals surface area contributed by atoms with E-state index in [9.17, 15) is 14.4 Å². The first-order valence-electron chi connectivity index (χ1n) is 12.0. The van der Waals surface area contributed by atoms with Crippen LogP contribution in [0, 0.1) is 0 Å². The zero-order valence-electron chi connectivity index (χ0n) is 21.2. The number of nitrogens with one attached hydrogen (secondary N) is 1. The lowest BCUT2D eigenvalue weighted by molar-refractivity contribution is 0.0395. The predicted octanol–water partition coefficient (Wildman–Crippen LogP) is 4.45. The second-order valence-electron chi connectivity index (χ2n) is 10.5. The maximum atomic E-state index is 12.4. The van der Waals surface area contributed by atoms with Crippen LogP contribution in [-0.4, -0.2) is 61.1 Å². The fourth-order valence-corrected chi connectivity index (χ4v) is 4.31. The topological polar surface area (TPSA) is 97.4 Å². The SMILES string of the molecule is CC(C)(C)OC(=O)NC[C@H]1CN(c2ccc(C3(C)CN(C(=O)OCc4ccccc4)C3)cc2)C(=O)O1. The molecule has 2 aromatic carbocycles. The Morgan fingerprint density at radius 3 is 2.39 bits per heavy atom. The molecule has 192 valence electrons. The largest absolute Gasteiger partial charge is 0.445 e. The van der Waals surface area contributed by atoms with Gasteiger partial charge in [0.1, 0.15) is 18.3 Å². The molecule has 0 radical (unpaired) electrons. The van der Waals surface area contributed by atoms with Crippen molar-refractivity contribution in [2.24, 2.45) is 0 Å². The van der Waals surface area contributed by atoms with Gasteiger partial charge in [-0.05, 0) is 44.0 Å². The number of alkyl carbamates (subject to hydrolysis) is 1. The summed E-state index contributed by atoms with van der Waals surface area (Å²) in [5, 5.41) is 2.64. The van der Waals surface area contributed by atoms with Crippen molar-refractivity contribution in [1.29, 1.82) is 0 Å². The van der Waals surface area contributed by atoms with E-state index in [4.69, 9.17) is 14.2 Å². The maximum absolute atomic E-state index is 12.4. The summed E-state index contributed by atoms with van der Waals surface area (Å²) in [7, 11) is 0. The molecule has 0 saturated carbocycles. The number of cyclic esters (lactones) is 1. The molecule has 2 saturated heterocycles. The highest BCUT2D eigenvalue weighted by Crippen LogP contribution is 2.36. The van der Waals surface area contributed by atoms with E-state index in [0.29, 0.717) is 25.3 Å². The van der Waals surface area contributed by atoms with Crippen LogP contribution in [0.25, 0.3) is 0 Å². The molecule has 9 nitrogen and oxygen atoms in total. The Labute approximate surface area is 211 Å². The summed E-state index contributed by atoms with van der Waals surface area (Å²) in [5.41, 5.74) is 1.96. The highest BCUT2D eigenvalue weighted by atomic mass is 16.6. The number of hydrogen-bond acceptors (Lipinski definition) is 6. The van der Waals surface area contributed by atoms with Gasteiger partial charge in [-0.15, -0.1) is 0 Å². The van der Waals surface area contributed by atoms with Gasteiger partial charge in [0, 0.05) is 24.2 Å². The van der Waals surface area contributed by atoms with Crippen LogP contribution >= 0.6 is 0 Å². The Morgan fingerprint density at radius 2 is 1.75 bits per heavy atom. The molecule has 0 aliphatic carbocycles. The van der Waals surface area contributed by atoms with E-state index in [0.717, 1.165) is 11.1 Å². The third-order valence-electron chi connectivity index (χ3n) is 6.17. The van der Waals surface area contributed by atoms with Crippen molar-refractivity contribution in [3.63, 3.8) is 0 Å². The minimum absolute atomic E-state index is 0.170. The summed E-state index contributed by atoms with van der Waals surface area (Å²) in [6, 6.07) is 17.3. The summed E-state index contributed by atoms with van der Waals surface area (Å²) in [6.07, 6.45) is -1.79. The molecule has 9 heteroatoms. The molecule has 0 aromatic heterocycles. The van der Waals surface area contributed by atoms with Gasteiger partial charge < -0.3 is 24.4 Å². The van der Waals surface area contributed by atoms with Gasteiger partial charge in [0.2, 0.25) is 0 Å². The Balaban J connectivity index is 1.26. The molecule has 1 N–H and O–H groups in total. The van der Waals surface area contributed by atoms with E-state index in [-0.39, 0.29) is 24.7 Å². The number of nitrogens with zero attached hydrogens (tertiary/aromatic N) is 2. The van der Waals surface area contributed by atoms with Gasteiger partial charge in [-0.25, -0.2) is 14.4 Å². The Hall–Kier alpha value is -3.75. The number of hydrogen-bond donors (Lipinski definition) is 1. The fraction of sp³-hybridized carbons (Fsp3) is 0.444. The minimum atomic E-state index is -0.596. The third kappa shape index (κ3) is 6.08. The Bertz CT molecular complexity index is 1090. The zero-order chi connectivity index (χ0) is 25.9. The fourth-order valence-electron chi connectivity index (χ4n) is 4.31. The van der Waals surface area contributed by atoms with Crippen molar-refractivity contribution in [1.82, 2.24) is 10.2 Å². The first-order chi connectivity index (χ1) is 17.0. The minimum Gasteiger partial charge on any atom is -0.445 e. The quantitative estimate of drug-likeness (QED) is 0.595. The van der Waals surface area contributed by atoms with Gasteiger partial charge in [-0.1, -0.05) is 49.4 Å². The van der Waals surface area contributed by atoms with Crippen LogP contribution < -0.4 is 10.2 Å². The standard InChI is InChI=1S/C27H33N3O6/c1-26(2,3)36-23(31)28-14-22-15-30(25(33)35-22)21-12-10-20(11-13-21)27(4)17-29(18-27)24(32)34-16-19-8-6-5-7-9-19/h5-13,22H,14-18H2,1-4H3,(H,28,31)/t22-/m0/s1. The second-order valence-corrected chi connectivity index (χ2v) is 10.5. The third-order valence-corrected chi connectivity index (χ3v) is 6.17. The monoisotopic (exact) mass is 495 g/mol. The van der Waals surface area contributed by atoms with E-state index < -0.39 is 23.9 Å². The highest BCUT2D eigenvalue weighted by Gasteiger charge is 2.43. The van der Waals surface area contributed by atoms with Crippen LogP contribution in [0.5, 0.6) is 0 Å². The molecule has 3 amide bonds. The predicted molar refractivity (Wildman–Crippen MR) is 134 cm³/mol. The van der Waals surface area contributed by atoms with Crippen molar-refractivity contribution in [2.75, 3.05) is 31.1 Å². The van der Waals surface area contributed by atoms with E-state index >= 15 is 0 Å². The van der Waals surface area contributed by atoms with Crippen LogP contribution in [0.3, 0.4) is 0 Å². The molecular weight excluding hydrogens is 462 g/mol.